The zero-order chi connectivity index (χ0) is 21.4. The van der Waals surface area contributed by atoms with Crippen molar-refractivity contribution in [2.24, 2.45) is 0 Å². The summed E-state index contributed by atoms with van der Waals surface area (Å²) in [5, 5.41) is 7.46. The summed E-state index contributed by atoms with van der Waals surface area (Å²) in [6.45, 7) is 5.87. The molecule has 0 atom stereocenters. The number of anilines is 3. The number of hydrogen-bond acceptors (Lipinski definition) is 7. The van der Waals surface area contributed by atoms with Gasteiger partial charge in [0.25, 0.3) is 5.56 Å². The number of nitrogens with one attached hydrogen (secondary N) is 2. The Balaban J connectivity index is 0.00000153. The van der Waals surface area contributed by atoms with Crippen molar-refractivity contribution < 1.29 is 0 Å². The second-order valence-electron chi connectivity index (χ2n) is 8.25. The predicted molar refractivity (Wildman–Crippen MR) is 141 cm³/mol. The lowest BCUT2D eigenvalue weighted by Gasteiger charge is -2.29. The van der Waals surface area contributed by atoms with E-state index < -0.39 is 0 Å². The summed E-state index contributed by atoms with van der Waals surface area (Å²) in [7, 11) is 0. The number of hydrogen-bond donors (Lipinski definition) is 2. The zero-order valence-electron chi connectivity index (χ0n) is 18.4. The van der Waals surface area contributed by atoms with Gasteiger partial charge in [-0.05, 0) is 53.4 Å². The second-order valence-corrected chi connectivity index (χ2v) is 9.04. The lowest BCUT2D eigenvalue weighted by molar-refractivity contribution is 0.514. The Hall–Kier alpha value is -1.94. The summed E-state index contributed by atoms with van der Waals surface area (Å²) in [4.78, 5) is 29.2. The van der Waals surface area contributed by atoms with E-state index in [1.54, 1.807) is 6.20 Å². The van der Waals surface area contributed by atoms with Gasteiger partial charge in [-0.25, -0.2) is 9.97 Å². The monoisotopic (exact) mass is 555 g/mol. The maximum Gasteiger partial charge on any atom is 0.267 e. The van der Waals surface area contributed by atoms with Gasteiger partial charge in [0.15, 0.2) is 0 Å². The minimum atomic E-state index is -0.0138. The van der Waals surface area contributed by atoms with Crippen LogP contribution in [0.25, 0.3) is 11.0 Å². The molecular formula is C22H28BrCl2N7O. The van der Waals surface area contributed by atoms with E-state index in [1.807, 2.05) is 23.8 Å². The number of piperazine rings is 1. The van der Waals surface area contributed by atoms with E-state index in [2.05, 4.69) is 47.5 Å². The van der Waals surface area contributed by atoms with Crippen LogP contribution in [0.1, 0.15) is 37.3 Å². The van der Waals surface area contributed by atoms with Gasteiger partial charge in [-0.15, -0.1) is 24.8 Å². The molecule has 0 amide bonds. The van der Waals surface area contributed by atoms with E-state index in [-0.39, 0.29) is 36.4 Å². The molecule has 3 aromatic rings. The van der Waals surface area contributed by atoms with E-state index in [4.69, 9.17) is 4.98 Å². The van der Waals surface area contributed by atoms with Crippen molar-refractivity contribution in [2.45, 2.75) is 38.6 Å². The third-order valence-corrected chi connectivity index (χ3v) is 7.23. The fourth-order valence-electron chi connectivity index (χ4n) is 4.55. The molecule has 5 rings (SSSR count). The van der Waals surface area contributed by atoms with Crippen molar-refractivity contribution in [3.63, 3.8) is 0 Å². The van der Waals surface area contributed by atoms with Gasteiger partial charge < -0.3 is 15.5 Å². The van der Waals surface area contributed by atoms with E-state index in [0.29, 0.717) is 21.9 Å². The number of pyridine rings is 2. The summed E-state index contributed by atoms with van der Waals surface area (Å²) in [5.41, 5.74) is 2.66. The van der Waals surface area contributed by atoms with Gasteiger partial charge in [0, 0.05) is 43.8 Å². The van der Waals surface area contributed by atoms with Crippen molar-refractivity contribution in [3.8, 4) is 0 Å². The number of aromatic nitrogens is 4. The molecule has 33 heavy (non-hydrogen) atoms. The van der Waals surface area contributed by atoms with Crippen LogP contribution >= 0.6 is 40.7 Å². The largest absolute Gasteiger partial charge is 0.368 e. The first kappa shape index (κ1) is 25.7. The molecule has 1 aliphatic heterocycles. The van der Waals surface area contributed by atoms with Crippen LogP contribution in [0.15, 0.2) is 33.8 Å². The summed E-state index contributed by atoms with van der Waals surface area (Å²) in [6.07, 6.45) is 7.97. The number of aryl methyl sites for hydroxylation is 1. The Labute approximate surface area is 213 Å². The molecule has 1 aliphatic carbocycles. The number of halogens is 3. The maximum atomic E-state index is 13.1. The minimum Gasteiger partial charge on any atom is -0.368 e. The van der Waals surface area contributed by atoms with Crippen LogP contribution in [-0.4, -0.2) is 45.7 Å². The van der Waals surface area contributed by atoms with Crippen molar-refractivity contribution in [1.82, 2.24) is 24.8 Å². The summed E-state index contributed by atoms with van der Waals surface area (Å²) in [6, 6.07) is 4.20. The Bertz CT molecular complexity index is 1160. The standard InChI is InChI=1S/C22H26BrN7O.2ClH/c1-14-17-13-26-22(27-18-7-6-16(12-25-18)29-10-8-24-9-11-29)28-20(17)30(21(31)19(14)23)15-4-2-3-5-15;;/h6-7,12-13,15,24H,2-5,8-11H2,1H3,(H,25,26,27,28);2*1H. The maximum absolute atomic E-state index is 13.1. The van der Waals surface area contributed by atoms with E-state index in [9.17, 15) is 4.79 Å². The van der Waals surface area contributed by atoms with Crippen molar-refractivity contribution in [1.29, 1.82) is 0 Å². The van der Waals surface area contributed by atoms with Crippen molar-refractivity contribution >= 4 is 69.2 Å². The van der Waals surface area contributed by atoms with Crippen molar-refractivity contribution in [3.05, 3.63) is 44.9 Å². The Morgan fingerprint density at radius 3 is 2.48 bits per heavy atom. The molecule has 0 aromatic carbocycles. The van der Waals surface area contributed by atoms with Gasteiger partial charge in [-0.2, -0.15) is 4.98 Å². The number of rotatable bonds is 4. The second kappa shape index (κ2) is 11.0. The average molecular weight is 557 g/mol. The van der Waals surface area contributed by atoms with Gasteiger partial charge in [0.2, 0.25) is 5.95 Å². The smallest absolute Gasteiger partial charge is 0.267 e. The molecule has 2 aliphatic rings. The Morgan fingerprint density at radius 2 is 1.82 bits per heavy atom. The minimum absolute atomic E-state index is 0. The molecule has 178 valence electrons. The molecule has 3 aromatic heterocycles. The number of nitrogens with zero attached hydrogens (tertiary/aromatic N) is 5. The van der Waals surface area contributed by atoms with Crippen LogP contribution in [0.4, 0.5) is 17.5 Å². The fourth-order valence-corrected chi connectivity index (χ4v) is 4.95. The lowest BCUT2D eigenvalue weighted by atomic mass is 10.1. The third-order valence-electron chi connectivity index (χ3n) is 6.30. The quantitative estimate of drug-likeness (QED) is 0.493. The van der Waals surface area contributed by atoms with Crippen LogP contribution in [0.5, 0.6) is 0 Å². The van der Waals surface area contributed by atoms with Crippen molar-refractivity contribution in [2.75, 3.05) is 36.4 Å². The molecule has 0 spiro atoms. The predicted octanol–water partition coefficient (Wildman–Crippen LogP) is 4.37. The highest BCUT2D eigenvalue weighted by molar-refractivity contribution is 9.10. The molecule has 0 radical (unpaired) electrons. The van der Waals surface area contributed by atoms with Crippen LogP contribution in [0.3, 0.4) is 0 Å². The SMILES string of the molecule is Cc1c(Br)c(=O)n(C2CCCC2)c2nc(Nc3ccc(N4CCNCC4)cn3)ncc12.Cl.Cl. The highest BCUT2D eigenvalue weighted by atomic mass is 79.9. The molecule has 8 nitrogen and oxygen atoms in total. The van der Waals surface area contributed by atoms with Gasteiger partial charge in [0.05, 0.1) is 16.4 Å². The molecule has 0 unspecified atom stereocenters. The van der Waals surface area contributed by atoms with E-state index >= 15 is 0 Å². The van der Waals surface area contributed by atoms with Gasteiger partial charge >= 0.3 is 0 Å². The van der Waals surface area contributed by atoms with E-state index in [0.717, 1.165) is 68.5 Å². The molecule has 2 N–H and O–H groups in total. The van der Waals surface area contributed by atoms with Gasteiger partial charge in [-0.1, -0.05) is 12.8 Å². The van der Waals surface area contributed by atoms with Crippen LogP contribution in [0.2, 0.25) is 0 Å². The molecule has 2 fully saturated rings. The Morgan fingerprint density at radius 1 is 1.09 bits per heavy atom. The highest BCUT2D eigenvalue weighted by Crippen LogP contribution is 2.32. The molecule has 0 bridgehead atoms. The summed E-state index contributed by atoms with van der Waals surface area (Å²) >= 11 is 3.49. The first-order valence-corrected chi connectivity index (χ1v) is 11.7. The van der Waals surface area contributed by atoms with Crippen LogP contribution in [-0.2, 0) is 0 Å². The molecule has 1 saturated heterocycles. The summed E-state index contributed by atoms with van der Waals surface area (Å²) < 4.78 is 2.45. The molecule has 11 heteroatoms. The zero-order valence-corrected chi connectivity index (χ0v) is 21.6. The Kier molecular flexibility index (Phi) is 8.55. The fraction of sp³-hybridized carbons (Fsp3) is 0.455. The lowest BCUT2D eigenvalue weighted by Crippen LogP contribution is -2.43. The number of fused-ring (bicyclic) bond motifs is 1. The molecule has 1 saturated carbocycles. The van der Waals surface area contributed by atoms with E-state index in [1.165, 1.54) is 0 Å². The topological polar surface area (TPSA) is 88.0 Å². The molecular weight excluding hydrogens is 529 g/mol. The first-order chi connectivity index (χ1) is 15.1. The summed E-state index contributed by atoms with van der Waals surface area (Å²) in [5.74, 6) is 1.13. The normalized spacial score (nSPS) is 16.4. The van der Waals surface area contributed by atoms with Crippen LogP contribution in [0, 0.1) is 6.92 Å². The average Bonchev–Trinajstić information content (AvgIpc) is 3.33. The first-order valence-electron chi connectivity index (χ1n) is 10.9. The van der Waals surface area contributed by atoms with Gasteiger partial charge in [-0.3, -0.25) is 9.36 Å². The van der Waals surface area contributed by atoms with Gasteiger partial charge in [0.1, 0.15) is 11.5 Å². The third kappa shape index (κ3) is 5.11. The molecule has 4 heterocycles. The highest BCUT2D eigenvalue weighted by Gasteiger charge is 2.24. The van der Waals surface area contributed by atoms with Crippen LogP contribution < -0.4 is 21.1 Å².